The van der Waals surface area contributed by atoms with Crippen molar-refractivity contribution in [2.75, 3.05) is 0 Å². The van der Waals surface area contributed by atoms with E-state index >= 15 is 0 Å². The summed E-state index contributed by atoms with van der Waals surface area (Å²) < 4.78 is 0. The third-order valence-electron chi connectivity index (χ3n) is 4.56. The maximum Gasteiger partial charge on any atom is 0.315 e. The van der Waals surface area contributed by atoms with Crippen LogP contribution in [0.4, 0.5) is 4.79 Å². The molecule has 0 saturated carbocycles. The number of hydrogen-bond donors (Lipinski definition) is 3. The number of carbonyl (C=O) groups excluding carboxylic acids is 1. The third-order valence-corrected chi connectivity index (χ3v) is 4.56. The third kappa shape index (κ3) is 4.49. The zero-order valence-electron chi connectivity index (χ0n) is 15.9. The van der Waals surface area contributed by atoms with Crippen molar-refractivity contribution in [2.24, 2.45) is 0 Å². The Labute approximate surface area is 158 Å². The van der Waals surface area contributed by atoms with Crippen LogP contribution in [0, 0.1) is 13.8 Å². The van der Waals surface area contributed by atoms with Gasteiger partial charge in [-0.3, -0.25) is 0 Å². The zero-order valence-corrected chi connectivity index (χ0v) is 15.9. The zero-order chi connectivity index (χ0) is 19.4. The van der Waals surface area contributed by atoms with Gasteiger partial charge in [-0.25, -0.2) is 19.7 Å². The number of rotatable bonds is 5. The van der Waals surface area contributed by atoms with Gasteiger partial charge in [-0.2, -0.15) is 0 Å². The molecule has 27 heavy (non-hydrogen) atoms. The normalized spacial score (nSPS) is 13.0. The molecule has 0 fully saturated rings. The SMILES string of the molecule is Cc1nc(C(C)NC(=O)NC(C)c2ccc(-c3cncnc3)cc2)[nH]c1C. The number of H-pyrrole nitrogens is 1. The van der Waals surface area contributed by atoms with Crippen LogP contribution in [0.2, 0.25) is 0 Å². The molecule has 3 rings (SSSR count). The Morgan fingerprint density at radius 1 is 0.963 bits per heavy atom. The summed E-state index contributed by atoms with van der Waals surface area (Å²) in [6.45, 7) is 7.76. The van der Waals surface area contributed by atoms with Crippen LogP contribution >= 0.6 is 0 Å². The number of urea groups is 1. The lowest BCUT2D eigenvalue weighted by Crippen LogP contribution is -2.38. The number of aromatic amines is 1. The highest BCUT2D eigenvalue weighted by atomic mass is 16.2. The molecule has 140 valence electrons. The van der Waals surface area contributed by atoms with Gasteiger partial charge in [0, 0.05) is 23.7 Å². The molecule has 7 nitrogen and oxygen atoms in total. The molecule has 0 spiro atoms. The van der Waals surface area contributed by atoms with Gasteiger partial charge in [0.15, 0.2) is 0 Å². The molecule has 1 aromatic carbocycles. The molecule has 0 aliphatic heterocycles. The highest BCUT2D eigenvalue weighted by Crippen LogP contribution is 2.20. The fraction of sp³-hybridized carbons (Fsp3) is 0.300. The molecule has 2 atom stereocenters. The number of aromatic nitrogens is 4. The van der Waals surface area contributed by atoms with Crippen LogP contribution in [0.3, 0.4) is 0 Å². The molecule has 0 bridgehead atoms. The second-order valence-electron chi connectivity index (χ2n) is 6.64. The number of amides is 2. The van der Waals surface area contributed by atoms with Crippen LogP contribution in [0.5, 0.6) is 0 Å². The summed E-state index contributed by atoms with van der Waals surface area (Å²) in [7, 11) is 0. The molecule has 2 aromatic heterocycles. The molecule has 2 unspecified atom stereocenters. The molecule has 7 heteroatoms. The van der Waals surface area contributed by atoms with E-state index < -0.39 is 0 Å². The van der Waals surface area contributed by atoms with Gasteiger partial charge in [0.2, 0.25) is 0 Å². The van der Waals surface area contributed by atoms with Crippen molar-refractivity contribution < 1.29 is 4.79 Å². The van der Waals surface area contributed by atoms with E-state index in [9.17, 15) is 4.79 Å². The predicted molar refractivity (Wildman–Crippen MR) is 104 cm³/mol. The standard InChI is InChI=1S/C20H24N6O/c1-12-13(2)24-19(23-12)15(4)26-20(27)25-14(3)16-5-7-17(8-6-16)18-9-21-11-22-10-18/h5-11,14-15H,1-4H3,(H,23,24)(H2,25,26,27). The Kier molecular flexibility index (Phi) is 5.49. The van der Waals surface area contributed by atoms with E-state index in [4.69, 9.17) is 0 Å². The number of hydrogen-bond acceptors (Lipinski definition) is 4. The van der Waals surface area contributed by atoms with Crippen LogP contribution in [0.15, 0.2) is 43.0 Å². The van der Waals surface area contributed by atoms with E-state index in [-0.39, 0.29) is 18.1 Å². The first kappa shape index (κ1) is 18.6. The van der Waals surface area contributed by atoms with Gasteiger partial charge in [-0.1, -0.05) is 24.3 Å². The Balaban J connectivity index is 1.59. The Morgan fingerprint density at radius 2 is 1.59 bits per heavy atom. The van der Waals surface area contributed by atoms with Gasteiger partial charge in [0.25, 0.3) is 0 Å². The minimum absolute atomic E-state index is 0.127. The van der Waals surface area contributed by atoms with Gasteiger partial charge >= 0.3 is 6.03 Å². The van der Waals surface area contributed by atoms with E-state index in [1.165, 1.54) is 6.33 Å². The van der Waals surface area contributed by atoms with Crippen molar-refractivity contribution in [1.82, 2.24) is 30.6 Å². The Hall–Kier alpha value is -3.22. The molecule has 2 heterocycles. The van der Waals surface area contributed by atoms with Gasteiger partial charge in [0.05, 0.1) is 17.8 Å². The summed E-state index contributed by atoms with van der Waals surface area (Å²) in [4.78, 5) is 28.0. The largest absolute Gasteiger partial charge is 0.344 e. The van der Waals surface area contributed by atoms with Gasteiger partial charge < -0.3 is 15.6 Å². The molecular weight excluding hydrogens is 340 g/mol. The summed E-state index contributed by atoms with van der Waals surface area (Å²) in [5.41, 5.74) is 4.96. The fourth-order valence-corrected chi connectivity index (χ4v) is 2.78. The van der Waals surface area contributed by atoms with E-state index in [1.54, 1.807) is 12.4 Å². The Bertz CT molecular complexity index is 884. The first-order valence-electron chi connectivity index (χ1n) is 8.89. The molecule has 3 aromatic rings. The first-order valence-corrected chi connectivity index (χ1v) is 8.89. The van der Waals surface area contributed by atoms with E-state index in [2.05, 4.69) is 30.6 Å². The van der Waals surface area contributed by atoms with Crippen molar-refractivity contribution in [3.05, 3.63) is 65.8 Å². The number of nitrogens with one attached hydrogen (secondary N) is 3. The van der Waals surface area contributed by atoms with Crippen LogP contribution in [-0.2, 0) is 0 Å². The number of aryl methyl sites for hydroxylation is 2. The quantitative estimate of drug-likeness (QED) is 0.644. The van der Waals surface area contributed by atoms with Gasteiger partial charge in [0.1, 0.15) is 12.2 Å². The van der Waals surface area contributed by atoms with Crippen molar-refractivity contribution in [3.8, 4) is 11.1 Å². The lowest BCUT2D eigenvalue weighted by atomic mass is 10.0. The molecule has 0 aliphatic rings. The predicted octanol–water partition coefficient (Wildman–Crippen LogP) is 3.60. The molecule has 0 aliphatic carbocycles. The molecule has 0 saturated heterocycles. The molecular formula is C20H24N6O. The summed E-state index contributed by atoms with van der Waals surface area (Å²) in [5.74, 6) is 0.752. The number of imidazole rings is 1. The average molecular weight is 364 g/mol. The summed E-state index contributed by atoms with van der Waals surface area (Å²) in [6, 6.07) is 7.43. The topological polar surface area (TPSA) is 95.6 Å². The highest BCUT2D eigenvalue weighted by Gasteiger charge is 2.16. The molecule has 3 N–H and O–H groups in total. The summed E-state index contributed by atoms with van der Waals surface area (Å²) >= 11 is 0. The van der Waals surface area contributed by atoms with E-state index in [1.807, 2.05) is 52.0 Å². The second-order valence-corrected chi connectivity index (χ2v) is 6.64. The molecule has 2 amide bonds. The number of nitrogens with zero attached hydrogens (tertiary/aromatic N) is 3. The van der Waals surface area contributed by atoms with E-state index in [0.29, 0.717) is 0 Å². The molecule has 0 radical (unpaired) electrons. The lowest BCUT2D eigenvalue weighted by Gasteiger charge is -2.18. The minimum Gasteiger partial charge on any atom is -0.344 e. The van der Waals surface area contributed by atoms with Gasteiger partial charge in [-0.15, -0.1) is 0 Å². The highest BCUT2D eigenvalue weighted by molar-refractivity contribution is 5.75. The smallest absolute Gasteiger partial charge is 0.315 e. The van der Waals surface area contributed by atoms with Crippen LogP contribution in [-0.4, -0.2) is 26.0 Å². The number of carbonyl (C=O) groups is 1. The van der Waals surface area contributed by atoms with Crippen LogP contribution in [0.1, 0.15) is 48.7 Å². The van der Waals surface area contributed by atoms with Crippen molar-refractivity contribution in [1.29, 1.82) is 0 Å². The van der Waals surface area contributed by atoms with Crippen LogP contribution < -0.4 is 10.6 Å². The van der Waals surface area contributed by atoms with Gasteiger partial charge in [-0.05, 0) is 38.8 Å². The van der Waals surface area contributed by atoms with Crippen molar-refractivity contribution in [2.45, 2.75) is 39.8 Å². The summed E-state index contributed by atoms with van der Waals surface area (Å²) in [5, 5.41) is 5.88. The minimum atomic E-state index is -0.234. The summed E-state index contributed by atoms with van der Waals surface area (Å²) in [6.07, 6.45) is 5.06. The first-order chi connectivity index (χ1) is 12.9. The fourth-order valence-electron chi connectivity index (χ4n) is 2.78. The average Bonchev–Trinajstić information content (AvgIpc) is 3.01. The van der Waals surface area contributed by atoms with Crippen molar-refractivity contribution >= 4 is 6.03 Å². The lowest BCUT2D eigenvalue weighted by molar-refractivity contribution is 0.234. The number of benzene rings is 1. The van der Waals surface area contributed by atoms with E-state index in [0.717, 1.165) is 33.9 Å². The second kappa shape index (κ2) is 7.99. The maximum absolute atomic E-state index is 12.3. The maximum atomic E-state index is 12.3. The van der Waals surface area contributed by atoms with Crippen LogP contribution in [0.25, 0.3) is 11.1 Å². The monoisotopic (exact) mass is 364 g/mol. The van der Waals surface area contributed by atoms with Crippen molar-refractivity contribution in [3.63, 3.8) is 0 Å². The Morgan fingerprint density at radius 3 is 2.19 bits per heavy atom.